The van der Waals surface area contributed by atoms with Crippen LogP contribution in [0.25, 0.3) is 0 Å². The van der Waals surface area contributed by atoms with E-state index in [0.717, 1.165) is 23.1 Å². The van der Waals surface area contributed by atoms with Gasteiger partial charge in [-0.15, -0.1) is 0 Å². The summed E-state index contributed by atoms with van der Waals surface area (Å²) in [4.78, 5) is 16.6. The van der Waals surface area contributed by atoms with E-state index in [-0.39, 0.29) is 12.0 Å². The first-order valence-corrected chi connectivity index (χ1v) is 7.80. The monoisotopic (exact) mass is 356 g/mol. The number of aryl methyl sites for hydroxylation is 1. The van der Waals surface area contributed by atoms with E-state index in [4.69, 9.17) is 9.47 Å². The van der Waals surface area contributed by atoms with Crippen LogP contribution < -0.4 is 10.1 Å². The van der Waals surface area contributed by atoms with E-state index in [2.05, 4.69) is 26.2 Å². The number of carbonyl (C=O) groups is 1. The summed E-state index contributed by atoms with van der Waals surface area (Å²) in [6.45, 7) is 8.33. The number of nitrogens with zero attached hydrogens (tertiary/aromatic N) is 1. The van der Waals surface area contributed by atoms with Crippen molar-refractivity contribution in [2.75, 3.05) is 6.54 Å². The molecule has 1 aliphatic rings. The van der Waals surface area contributed by atoms with Crippen molar-refractivity contribution in [3.8, 4) is 5.75 Å². The molecule has 1 fully saturated rings. The van der Waals surface area contributed by atoms with Gasteiger partial charge in [0.15, 0.2) is 0 Å². The highest BCUT2D eigenvalue weighted by atomic mass is 79.9. The van der Waals surface area contributed by atoms with Crippen LogP contribution in [0.2, 0.25) is 0 Å². The molecule has 2 rings (SSSR count). The molecule has 1 saturated heterocycles. The quantitative estimate of drug-likeness (QED) is 0.840. The maximum atomic E-state index is 12.3. The van der Waals surface area contributed by atoms with Crippen molar-refractivity contribution in [1.82, 2.24) is 10.3 Å². The number of esters is 1. The first-order valence-electron chi connectivity index (χ1n) is 7.01. The zero-order valence-electron chi connectivity index (χ0n) is 12.8. The third-order valence-electron chi connectivity index (χ3n) is 3.13. The van der Waals surface area contributed by atoms with Crippen molar-refractivity contribution in [2.45, 2.75) is 51.9 Å². The summed E-state index contributed by atoms with van der Waals surface area (Å²) in [5, 5.41) is 3.20. The fourth-order valence-corrected chi connectivity index (χ4v) is 2.25. The summed E-state index contributed by atoms with van der Waals surface area (Å²) in [6, 6.07) is 1.80. The highest BCUT2D eigenvalue weighted by Crippen LogP contribution is 2.24. The fourth-order valence-electron chi connectivity index (χ4n) is 1.92. The molecule has 1 aromatic heterocycles. The third kappa shape index (κ3) is 4.41. The maximum absolute atomic E-state index is 12.3. The Morgan fingerprint density at radius 1 is 1.52 bits per heavy atom. The molecule has 5 nitrogen and oxygen atoms in total. The van der Waals surface area contributed by atoms with Gasteiger partial charge in [-0.1, -0.05) is 0 Å². The summed E-state index contributed by atoms with van der Waals surface area (Å²) in [7, 11) is 0. The Kier molecular flexibility index (Phi) is 4.88. The largest absolute Gasteiger partial charge is 0.475 e. The Bertz CT molecular complexity index is 524. The molecule has 2 atom stereocenters. The normalized spacial score (nSPS) is 19.6. The molecule has 1 N–H and O–H groups in total. The second-order valence-electron chi connectivity index (χ2n) is 6.16. The molecule has 0 aromatic carbocycles. The zero-order chi connectivity index (χ0) is 15.6. The minimum absolute atomic E-state index is 0.0140. The molecule has 21 heavy (non-hydrogen) atoms. The van der Waals surface area contributed by atoms with Gasteiger partial charge in [-0.2, -0.15) is 0 Å². The lowest BCUT2D eigenvalue weighted by Gasteiger charge is -2.35. The Labute approximate surface area is 133 Å². The van der Waals surface area contributed by atoms with Crippen molar-refractivity contribution in [2.24, 2.45) is 0 Å². The number of hydrogen-bond acceptors (Lipinski definition) is 5. The van der Waals surface area contributed by atoms with Gasteiger partial charge in [0.2, 0.25) is 6.10 Å². The van der Waals surface area contributed by atoms with Gasteiger partial charge >= 0.3 is 5.97 Å². The summed E-state index contributed by atoms with van der Waals surface area (Å²) < 4.78 is 12.1. The minimum atomic E-state index is -0.658. The lowest BCUT2D eigenvalue weighted by atomic mass is 10.0. The molecule has 0 spiro atoms. The van der Waals surface area contributed by atoms with Crippen LogP contribution in [-0.4, -0.2) is 35.2 Å². The molecule has 1 unspecified atom stereocenters. The van der Waals surface area contributed by atoms with Crippen LogP contribution in [0.15, 0.2) is 16.7 Å². The average Bonchev–Trinajstić information content (AvgIpc) is 2.28. The van der Waals surface area contributed by atoms with E-state index in [1.54, 1.807) is 6.20 Å². The third-order valence-corrected chi connectivity index (χ3v) is 3.93. The van der Waals surface area contributed by atoms with Crippen molar-refractivity contribution >= 4 is 21.9 Å². The molecule has 0 radical (unpaired) electrons. The van der Waals surface area contributed by atoms with E-state index in [1.165, 1.54) is 0 Å². The van der Waals surface area contributed by atoms with E-state index < -0.39 is 11.7 Å². The van der Waals surface area contributed by atoms with Gasteiger partial charge in [0.1, 0.15) is 11.4 Å². The molecule has 1 aliphatic heterocycles. The van der Waals surface area contributed by atoms with Crippen molar-refractivity contribution in [3.05, 3.63) is 22.4 Å². The number of aromatic nitrogens is 1. The predicted molar refractivity (Wildman–Crippen MR) is 83.3 cm³/mol. The Morgan fingerprint density at radius 2 is 2.19 bits per heavy atom. The topological polar surface area (TPSA) is 60.5 Å². The van der Waals surface area contributed by atoms with E-state index >= 15 is 0 Å². The van der Waals surface area contributed by atoms with E-state index in [0.29, 0.717) is 5.75 Å². The number of hydrogen-bond donors (Lipinski definition) is 1. The lowest BCUT2D eigenvalue weighted by Crippen LogP contribution is -2.57. The van der Waals surface area contributed by atoms with Gasteiger partial charge in [-0.05, 0) is 62.7 Å². The van der Waals surface area contributed by atoms with E-state index in [9.17, 15) is 4.79 Å². The fraction of sp³-hybridized carbons (Fsp3) is 0.600. The van der Waals surface area contributed by atoms with E-state index in [1.807, 2.05) is 33.8 Å². The Balaban J connectivity index is 2.12. The number of pyridine rings is 1. The maximum Gasteiger partial charge on any atom is 0.349 e. The van der Waals surface area contributed by atoms with Crippen molar-refractivity contribution in [1.29, 1.82) is 0 Å². The summed E-state index contributed by atoms with van der Waals surface area (Å²) >= 11 is 3.42. The molecule has 0 bridgehead atoms. The first kappa shape index (κ1) is 16.2. The second-order valence-corrected chi connectivity index (χ2v) is 7.01. The van der Waals surface area contributed by atoms with Gasteiger partial charge < -0.3 is 14.8 Å². The van der Waals surface area contributed by atoms with Crippen molar-refractivity contribution < 1.29 is 14.3 Å². The van der Waals surface area contributed by atoms with Gasteiger partial charge in [0.05, 0.1) is 17.9 Å². The van der Waals surface area contributed by atoms with Crippen LogP contribution in [0, 0.1) is 6.92 Å². The number of halogens is 1. The molecule has 0 aliphatic carbocycles. The minimum Gasteiger partial charge on any atom is -0.475 e. The van der Waals surface area contributed by atoms with Crippen molar-refractivity contribution in [3.63, 3.8) is 0 Å². The van der Waals surface area contributed by atoms with Gasteiger partial charge in [0.25, 0.3) is 0 Å². The molecule has 2 heterocycles. The Hall–Kier alpha value is -1.14. The summed E-state index contributed by atoms with van der Waals surface area (Å²) in [5.74, 6) is 0.202. The number of carbonyl (C=O) groups excluding carboxylic acids is 1. The predicted octanol–water partition coefficient (Wildman–Crippen LogP) is 2.60. The van der Waals surface area contributed by atoms with Gasteiger partial charge in [-0.25, -0.2) is 4.79 Å². The molecule has 0 saturated carbocycles. The standard InChI is InChI=1S/C15H21BrN2O3/c1-9-11(16)7-10(8-18-9)20-13(12-5-6-17-12)14(19)21-15(2,3)4/h7-8,12-13,17H,5-6H2,1-4H3/t12-,13?/m1/s1. The highest BCUT2D eigenvalue weighted by molar-refractivity contribution is 9.10. The Morgan fingerprint density at radius 3 is 2.67 bits per heavy atom. The van der Waals surface area contributed by atoms with Crippen LogP contribution in [0.3, 0.4) is 0 Å². The van der Waals surface area contributed by atoms with Crippen LogP contribution >= 0.6 is 15.9 Å². The molecular formula is C15H21BrN2O3. The second kappa shape index (κ2) is 6.32. The molecular weight excluding hydrogens is 336 g/mol. The molecule has 116 valence electrons. The SMILES string of the molecule is Cc1ncc(OC(C(=O)OC(C)(C)C)[C@H]2CCN2)cc1Br. The molecule has 0 amide bonds. The molecule has 1 aromatic rings. The number of rotatable bonds is 4. The highest BCUT2D eigenvalue weighted by Gasteiger charge is 2.37. The van der Waals surface area contributed by atoms with Crippen LogP contribution in [0.5, 0.6) is 5.75 Å². The van der Waals surface area contributed by atoms with Gasteiger partial charge in [0, 0.05) is 4.47 Å². The van der Waals surface area contributed by atoms with Crippen LogP contribution in [0.4, 0.5) is 0 Å². The number of ether oxygens (including phenoxy) is 2. The first-order chi connectivity index (χ1) is 9.76. The van der Waals surface area contributed by atoms with Gasteiger partial charge in [-0.3, -0.25) is 4.98 Å². The smallest absolute Gasteiger partial charge is 0.349 e. The van der Waals surface area contributed by atoms with Crippen LogP contribution in [-0.2, 0) is 9.53 Å². The average molecular weight is 357 g/mol. The van der Waals surface area contributed by atoms with Crippen LogP contribution in [0.1, 0.15) is 32.9 Å². The summed E-state index contributed by atoms with van der Waals surface area (Å²) in [6.07, 6.45) is 1.86. The summed E-state index contributed by atoms with van der Waals surface area (Å²) in [5.41, 5.74) is 0.340. The lowest BCUT2D eigenvalue weighted by molar-refractivity contribution is -0.165. The molecule has 6 heteroatoms. The zero-order valence-corrected chi connectivity index (χ0v) is 14.4. The number of nitrogens with one attached hydrogen (secondary N) is 1.